The molecular weight excluding hydrogens is 498 g/mol. The van der Waals surface area contributed by atoms with E-state index in [0.29, 0.717) is 36.3 Å². The molecule has 0 aliphatic carbocycles. The van der Waals surface area contributed by atoms with Crippen molar-refractivity contribution in [1.29, 1.82) is 5.41 Å². The molecule has 2 aromatic rings. The Hall–Kier alpha value is -4.49. The van der Waals surface area contributed by atoms with E-state index >= 15 is 0 Å². The number of hydrogen-bond acceptors (Lipinski definition) is 8. The summed E-state index contributed by atoms with van der Waals surface area (Å²) in [5, 5.41) is 29.5. The number of aliphatic hydroxyl groups excluding tert-OH is 1. The summed E-state index contributed by atoms with van der Waals surface area (Å²) in [6, 6.07) is 12.3. The highest BCUT2D eigenvalue weighted by molar-refractivity contribution is 6.05. The van der Waals surface area contributed by atoms with Gasteiger partial charge >= 0.3 is 6.16 Å². The highest BCUT2D eigenvalue weighted by atomic mass is 16.7. The summed E-state index contributed by atoms with van der Waals surface area (Å²) in [6.07, 6.45) is -4.67. The van der Waals surface area contributed by atoms with Crippen LogP contribution < -0.4 is 16.0 Å². The van der Waals surface area contributed by atoms with Gasteiger partial charge in [-0.05, 0) is 48.9 Å². The first kappa shape index (κ1) is 26.6. The quantitative estimate of drug-likeness (QED) is 0.199. The monoisotopic (exact) mass is 525 g/mol. The van der Waals surface area contributed by atoms with E-state index in [-0.39, 0.29) is 24.6 Å². The maximum atomic E-state index is 13.2. The minimum Gasteiger partial charge on any atom is -0.450 e. The summed E-state index contributed by atoms with van der Waals surface area (Å²) in [7, 11) is 0. The van der Waals surface area contributed by atoms with Gasteiger partial charge in [-0.2, -0.15) is 0 Å². The van der Waals surface area contributed by atoms with Gasteiger partial charge in [0.1, 0.15) is 5.84 Å². The molecule has 2 aliphatic rings. The Labute approximate surface area is 217 Å². The summed E-state index contributed by atoms with van der Waals surface area (Å²) < 4.78 is 10.2. The Bertz CT molecular complexity index is 1250. The lowest BCUT2D eigenvalue weighted by atomic mass is 10.1. The smallest absolute Gasteiger partial charge is 0.450 e. The fourth-order valence-corrected chi connectivity index (χ4v) is 4.36. The minimum atomic E-state index is -1.82. The van der Waals surface area contributed by atoms with Crippen molar-refractivity contribution in [3.63, 3.8) is 0 Å². The number of amidine groups is 1. The van der Waals surface area contributed by atoms with Crippen LogP contribution in [0.25, 0.3) is 0 Å². The Kier molecular flexibility index (Phi) is 7.88. The number of carboxylic acid groups (broad SMARTS) is 1. The van der Waals surface area contributed by atoms with Gasteiger partial charge in [0.2, 0.25) is 0 Å². The minimum absolute atomic E-state index is 0.0346. The summed E-state index contributed by atoms with van der Waals surface area (Å²) in [5.74, 6) is -2.10. The van der Waals surface area contributed by atoms with E-state index in [2.05, 4.69) is 5.32 Å². The molecule has 6 N–H and O–H groups in total. The molecule has 2 saturated heterocycles. The predicted molar refractivity (Wildman–Crippen MR) is 134 cm³/mol. The number of hydrogen-bond donors (Lipinski definition) is 5. The normalized spacial score (nSPS) is 20.1. The topological polar surface area (TPSA) is 196 Å². The van der Waals surface area contributed by atoms with Crippen molar-refractivity contribution < 1.29 is 38.9 Å². The zero-order chi connectivity index (χ0) is 27.4. The van der Waals surface area contributed by atoms with E-state index in [4.69, 9.17) is 25.7 Å². The zero-order valence-corrected chi connectivity index (χ0v) is 20.2. The number of ether oxygens (including phenoxy) is 2. The van der Waals surface area contributed by atoms with E-state index in [1.54, 1.807) is 18.2 Å². The second kappa shape index (κ2) is 11.3. The fraction of sp³-hybridized carbons (Fsp3) is 0.320. The molecule has 0 spiro atoms. The van der Waals surface area contributed by atoms with Gasteiger partial charge in [0, 0.05) is 42.0 Å². The predicted octanol–water partition coefficient (Wildman–Crippen LogP) is 0.959. The lowest BCUT2D eigenvalue weighted by Gasteiger charge is -2.34. The van der Waals surface area contributed by atoms with Crippen LogP contribution in [-0.4, -0.2) is 83.0 Å². The lowest BCUT2D eigenvalue weighted by molar-refractivity contribution is -0.150. The van der Waals surface area contributed by atoms with Crippen LogP contribution in [0.5, 0.6) is 0 Å². The van der Waals surface area contributed by atoms with Crippen molar-refractivity contribution in [2.75, 3.05) is 29.9 Å². The highest BCUT2D eigenvalue weighted by Crippen LogP contribution is 2.26. The van der Waals surface area contributed by atoms with Gasteiger partial charge in [-0.1, -0.05) is 6.07 Å². The molecule has 0 bridgehead atoms. The fourth-order valence-electron chi connectivity index (χ4n) is 4.36. The molecule has 2 heterocycles. The van der Waals surface area contributed by atoms with Crippen molar-refractivity contribution in [2.45, 2.75) is 31.3 Å². The molecule has 0 radical (unpaired) electrons. The van der Waals surface area contributed by atoms with E-state index in [9.17, 15) is 24.3 Å². The number of carbonyl (C=O) groups is 4. The molecule has 3 amide bonds. The Morgan fingerprint density at radius 1 is 1.13 bits per heavy atom. The Morgan fingerprint density at radius 3 is 2.55 bits per heavy atom. The van der Waals surface area contributed by atoms with Crippen LogP contribution in [0.2, 0.25) is 0 Å². The Balaban J connectivity index is 1.45. The summed E-state index contributed by atoms with van der Waals surface area (Å²) >= 11 is 0. The average molecular weight is 526 g/mol. The largest absolute Gasteiger partial charge is 0.507 e. The first-order valence-electron chi connectivity index (χ1n) is 11.8. The number of nitrogens with two attached hydrogens (primary N) is 1. The second-order valence-electron chi connectivity index (χ2n) is 8.74. The molecule has 0 aromatic heterocycles. The van der Waals surface area contributed by atoms with E-state index in [1.807, 2.05) is 0 Å². The van der Waals surface area contributed by atoms with Crippen LogP contribution >= 0.6 is 0 Å². The van der Waals surface area contributed by atoms with Crippen molar-refractivity contribution in [3.05, 3.63) is 59.7 Å². The molecule has 38 heavy (non-hydrogen) atoms. The van der Waals surface area contributed by atoms with Crippen LogP contribution in [0.3, 0.4) is 0 Å². The third-order valence-electron chi connectivity index (χ3n) is 6.24. The summed E-state index contributed by atoms with van der Waals surface area (Å²) in [4.78, 5) is 52.5. The number of nitrogen functional groups attached to an aromatic ring is 1. The number of anilines is 2. The second-order valence-corrected chi connectivity index (χ2v) is 8.74. The number of nitrogens with one attached hydrogen (secondary N) is 2. The molecule has 0 saturated carbocycles. The molecular formula is C25H27N5O8. The number of aliphatic hydroxyl groups is 1. The molecule has 13 heteroatoms. The standard InChI is InChI=1S/C25H27N5O8/c26-21(27)14-6-8-16(9-7-14)28-22(32)19(31)20-24(34)29(11-12-37-20)17-4-1-3-15(13-17)23(33)30-10-2-5-18(30)38-25(35)36/h1,3-4,6-9,13,18-20,31H,2,5,10-12H2,(H3,26,27)(H,28,32)(H,35,36)/t18-,19+,20+/m0/s1. The third kappa shape index (κ3) is 5.74. The number of likely N-dealkylation sites (tertiary alicyclic amines) is 1. The van der Waals surface area contributed by atoms with Gasteiger partial charge < -0.3 is 40.5 Å². The molecule has 13 nitrogen and oxygen atoms in total. The molecule has 4 rings (SSSR count). The van der Waals surface area contributed by atoms with Crippen LogP contribution in [0, 0.1) is 5.41 Å². The average Bonchev–Trinajstić information content (AvgIpc) is 3.35. The maximum absolute atomic E-state index is 13.2. The van der Waals surface area contributed by atoms with E-state index < -0.39 is 42.3 Å². The molecule has 2 fully saturated rings. The van der Waals surface area contributed by atoms with Gasteiger partial charge in [0.15, 0.2) is 18.4 Å². The van der Waals surface area contributed by atoms with Gasteiger partial charge in [-0.15, -0.1) is 0 Å². The van der Waals surface area contributed by atoms with Crippen molar-refractivity contribution >= 4 is 41.1 Å². The van der Waals surface area contributed by atoms with Gasteiger partial charge in [-0.3, -0.25) is 19.8 Å². The van der Waals surface area contributed by atoms with Crippen LogP contribution in [0.1, 0.15) is 28.8 Å². The number of carbonyl (C=O) groups excluding carboxylic acids is 3. The third-order valence-corrected chi connectivity index (χ3v) is 6.24. The van der Waals surface area contributed by atoms with E-state index in [1.165, 1.54) is 40.1 Å². The van der Waals surface area contributed by atoms with Crippen molar-refractivity contribution in [2.24, 2.45) is 5.73 Å². The van der Waals surface area contributed by atoms with Crippen molar-refractivity contribution in [1.82, 2.24) is 4.90 Å². The zero-order valence-electron chi connectivity index (χ0n) is 20.2. The first-order chi connectivity index (χ1) is 18.2. The maximum Gasteiger partial charge on any atom is 0.507 e. The molecule has 2 aromatic carbocycles. The van der Waals surface area contributed by atoms with Crippen LogP contribution in [0.15, 0.2) is 48.5 Å². The van der Waals surface area contributed by atoms with Gasteiger partial charge in [0.05, 0.1) is 6.61 Å². The SMILES string of the molecule is N=C(N)c1ccc(NC(=O)[C@H](O)[C@H]2OCCN(c3cccc(C(=O)N4CCC[C@@H]4OC(=O)O)c3)C2=O)cc1. The van der Waals surface area contributed by atoms with Gasteiger partial charge in [-0.25, -0.2) is 4.79 Å². The summed E-state index contributed by atoms with van der Waals surface area (Å²) in [6.45, 7) is 0.494. The van der Waals surface area contributed by atoms with E-state index in [0.717, 1.165) is 0 Å². The molecule has 2 aliphatic heterocycles. The molecule has 200 valence electrons. The van der Waals surface area contributed by atoms with Gasteiger partial charge in [0.25, 0.3) is 17.7 Å². The first-order valence-corrected chi connectivity index (χ1v) is 11.8. The number of benzene rings is 2. The highest BCUT2D eigenvalue weighted by Gasteiger charge is 2.40. The van der Waals surface area contributed by atoms with Crippen molar-refractivity contribution in [3.8, 4) is 0 Å². The molecule has 3 atom stereocenters. The molecule has 0 unspecified atom stereocenters. The van der Waals surface area contributed by atoms with Crippen LogP contribution in [0.4, 0.5) is 16.2 Å². The Morgan fingerprint density at radius 2 is 1.87 bits per heavy atom. The summed E-state index contributed by atoms with van der Waals surface area (Å²) in [5.41, 5.74) is 6.79. The number of rotatable bonds is 7. The number of amides is 3. The van der Waals surface area contributed by atoms with Crippen LogP contribution in [-0.2, 0) is 19.1 Å². The number of morpholine rings is 1. The number of nitrogens with zero attached hydrogens (tertiary/aromatic N) is 2. The lowest BCUT2D eigenvalue weighted by Crippen LogP contribution is -2.55.